The van der Waals surface area contributed by atoms with Crippen LogP contribution in [0.25, 0.3) is 0 Å². The molecule has 3 aromatic rings. The van der Waals surface area contributed by atoms with Crippen molar-refractivity contribution in [3.8, 4) is 0 Å². The molecular weight excluding hydrogens is 340 g/mol. The van der Waals surface area contributed by atoms with Crippen LogP contribution in [0.1, 0.15) is 35.7 Å². The zero-order valence-electron chi connectivity index (χ0n) is 15.5. The molecule has 0 N–H and O–H groups in total. The molecule has 1 amide bonds. The zero-order chi connectivity index (χ0) is 18.6. The van der Waals surface area contributed by atoms with Gasteiger partial charge in [0.05, 0.1) is 6.20 Å². The van der Waals surface area contributed by atoms with Crippen molar-refractivity contribution in [1.29, 1.82) is 0 Å². The molecule has 140 valence electrons. The van der Waals surface area contributed by atoms with Crippen LogP contribution in [-0.4, -0.2) is 48.2 Å². The van der Waals surface area contributed by atoms with Gasteiger partial charge >= 0.3 is 0 Å². The molecule has 7 heteroatoms. The van der Waals surface area contributed by atoms with Crippen molar-refractivity contribution in [1.82, 2.24) is 29.2 Å². The van der Waals surface area contributed by atoms with Gasteiger partial charge in [-0.3, -0.25) is 14.5 Å². The van der Waals surface area contributed by atoms with Crippen LogP contribution >= 0.6 is 0 Å². The first-order valence-corrected chi connectivity index (χ1v) is 9.36. The lowest BCUT2D eigenvalue weighted by atomic mass is 9.97. The Morgan fingerprint density at radius 3 is 2.89 bits per heavy atom. The Morgan fingerprint density at radius 1 is 1.26 bits per heavy atom. The second kappa shape index (κ2) is 7.73. The van der Waals surface area contributed by atoms with E-state index in [0.29, 0.717) is 13.1 Å². The molecule has 0 radical (unpaired) electrons. The van der Waals surface area contributed by atoms with E-state index in [9.17, 15) is 4.79 Å². The quantitative estimate of drug-likeness (QED) is 0.696. The van der Waals surface area contributed by atoms with Crippen LogP contribution in [0.4, 0.5) is 0 Å². The summed E-state index contributed by atoms with van der Waals surface area (Å²) in [6.45, 7) is 4.57. The summed E-state index contributed by atoms with van der Waals surface area (Å²) in [5.74, 6) is 1.44. The van der Waals surface area contributed by atoms with Crippen LogP contribution < -0.4 is 0 Å². The number of carbonyl (C=O) groups excluding carboxylic acids is 1. The van der Waals surface area contributed by atoms with E-state index < -0.39 is 0 Å². The summed E-state index contributed by atoms with van der Waals surface area (Å²) in [7, 11) is 0. The summed E-state index contributed by atoms with van der Waals surface area (Å²) in [6, 6.07) is 4.04. The standard InChI is InChI=1S/C20H24N6O/c1-16-11-23-26(12-16)15-19(27)24-9-2-3-18(14-24)20-22-8-10-25(20)13-17-4-6-21-7-5-17/h4-8,10-12,18H,2-3,9,13-15H2,1H3. The average molecular weight is 364 g/mol. The molecule has 27 heavy (non-hydrogen) atoms. The number of hydrogen-bond acceptors (Lipinski definition) is 4. The number of pyridine rings is 1. The Kier molecular flexibility index (Phi) is 5.00. The van der Waals surface area contributed by atoms with Crippen molar-refractivity contribution < 1.29 is 4.79 Å². The van der Waals surface area contributed by atoms with Gasteiger partial charge in [-0.1, -0.05) is 0 Å². The molecule has 7 nitrogen and oxygen atoms in total. The lowest BCUT2D eigenvalue weighted by molar-refractivity contribution is -0.133. The number of hydrogen-bond donors (Lipinski definition) is 0. The molecule has 1 fully saturated rings. The van der Waals surface area contributed by atoms with Gasteiger partial charge in [0.1, 0.15) is 12.4 Å². The fraction of sp³-hybridized carbons (Fsp3) is 0.400. The number of likely N-dealkylation sites (tertiary alicyclic amines) is 1. The molecule has 1 unspecified atom stereocenters. The van der Waals surface area contributed by atoms with Gasteiger partial charge in [-0.15, -0.1) is 0 Å². The maximum atomic E-state index is 12.7. The van der Waals surface area contributed by atoms with Gasteiger partial charge in [0.2, 0.25) is 5.91 Å². The molecule has 1 saturated heterocycles. The maximum Gasteiger partial charge on any atom is 0.244 e. The molecule has 0 aliphatic carbocycles. The molecule has 0 aromatic carbocycles. The molecule has 1 aliphatic rings. The Labute approximate surface area is 158 Å². The van der Waals surface area contributed by atoms with Crippen LogP contribution in [0.3, 0.4) is 0 Å². The molecule has 4 rings (SSSR count). The first kappa shape index (κ1) is 17.5. The topological polar surface area (TPSA) is 68.8 Å². The molecule has 4 heterocycles. The van der Waals surface area contributed by atoms with Crippen LogP contribution in [-0.2, 0) is 17.9 Å². The highest BCUT2D eigenvalue weighted by atomic mass is 16.2. The predicted molar refractivity (Wildman–Crippen MR) is 101 cm³/mol. The summed E-state index contributed by atoms with van der Waals surface area (Å²) in [6.07, 6.45) is 13.2. The van der Waals surface area contributed by atoms with Crippen molar-refractivity contribution in [2.24, 2.45) is 0 Å². The third-order valence-electron chi connectivity index (χ3n) is 5.05. The zero-order valence-corrected chi connectivity index (χ0v) is 15.5. The number of nitrogens with zero attached hydrogens (tertiary/aromatic N) is 6. The van der Waals surface area contributed by atoms with E-state index in [1.54, 1.807) is 10.9 Å². The minimum atomic E-state index is 0.120. The normalized spacial score (nSPS) is 17.2. The number of aromatic nitrogens is 5. The highest BCUT2D eigenvalue weighted by Crippen LogP contribution is 2.26. The van der Waals surface area contributed by atoms with E-state index in [2.05, 4.69) is 19.6 Å². The molecule has 0 saturated carbocycles. The fourth-order valence-corrected chi connectivity index (χ4v) is 3.71. The van der Waals surface area contributed by atoms with Crippen molar-refractivity contribution >= 4 is 5.91 Å². The summed E-state index contributed by atoms with van der Waals surface area (Å²) in [5, 5.41) is 4.23. The maximum absolute atomic E-state index is 12.7. The SMILES string of the molecule is Cc1cnn(CC(=O)N2CCCC(c3nccn3Cc3ccncc3)C2)c1. The van der Waals surface area contributed by atoms with Gasteiger partial charge in [0.25, 0.3) is 0 Å². The molecule has 1 atom stereocenters. The number of imidazole rings is 1. The van der Waals surface area contributed by atoms with Crippen molar-refractivity contribution in [3.05, 3.63) is 66.3 Å². The summed E-state index contributed by atoms with van der Waals surface area (Å²) in [4.78, 5) is 23.3. The summed E-state index contributed by atoms with van der Waals surface area (Å²) < 4.78 is 3.90. The molecule has 0 bridgehead atoms. The summed E-state index contributed by atoms with van der Waals surface area (Å²) >= 11 is 0. The number of amides is 1. The predicted octanol–water partition coefficient (Wildman–Crippen LogP) is 2.24. The Balaban J connectivity index is 1.44. The van der Waals surface area contributed by atoms with E-state index in [1.165, 1.54) is 5.56 Å². The minimum Gasteiger partial charge on any atom is -0.340 e. The summed E-state index contributed by atoms with van der Waals surface area (Å²) in [5.41, 5.74) is 2.26. The van der Waals surface area contributed by atoms with Crippen LogP contribution in [0, 0.1) is 6.92 Å². The van der Waals surface area contributed by atoms with E-state index in [0.717, 1.165) is 37.3 Å². The second-order valence-corrected chi connectivity index (χ2v) is 7.16. The number of aryl methyl sites for hydroxylation is 1. The highest BCUT2D eigenvalue weighted by molar-refractivity contribution is 5.76. The Morgan fingerprint density at radius 2 is 2.11 bits per heavy atom. The Hall–Kier alpha value is -2.96. The number of carbonyl (C=O) groups is 1. The third-order valence-corrected chi connectivity index (χ3v) is 5.05. The minimum absolute atomic E-state index is 0.120. The van der Waals surface area contributed by atoms with E-state index in [1.807, 2.05) is 54.9 Å². The second-order valence-electron chi connectivity index (χ2n) is 7.16. The van der Waals surface area contributed by atoms with Gasteiger partial charge in [0.15, 0.2) is 0 Å². The van der Waals surface area contributed by atoms with Crippen molar-refractivity contribution in [2.45, 2.75) is 38.8 Å². The fourth-order valence-electron chi connectivity index (χ4n) is 3.71. The molecule has 1 aliphatic heterocycles. The molecule has 0 spiro atoms. The van der Waals surface area contributed by atoms with Gasteiger partial charge in [-0.25, -0.2) is 4.98 Å². The average Bonchev–Trinajstić information content (AvgIpc) is 3.31. The van der Waals surface area contributed by atoms with Gasteiger partial charge in [-0.05, 0) is 43.0 Å². The van der Waals surface area contributed by atoms with Crippen LogP contribution in [0.2, 0.25) is 0 Å². The first-order valence-electron chi connectivity index (χ1n) is 9.36. The first-order chi connectivity index (χ1) is 13.2. The number of piperidine rings is 1. The van der Waals surface area contributed by atoms with Gasteiger partial charge in [-0.2, -0.15) is 5.10 Å². The lowest BCUT2D eigenvalue weighted by Crippen LogP contribution is -2.41. The Bertz CT molecular complexity index is 900. The van der Waals surface area contributed by atoms with Gasteiger partial charge < -0.3 is 9.47 Å². The van der Waals surface area contributed by atoms with E-state index in [-0.39, 0.29) is 11.8 Å². The lowest BCUT2D eigenvalue weighted by Gasteiger charge is -2.32. The molecular formula is C20H24N6O. The van der Waals surface area contributed by atoms with Crippen molar-refractivity contribution in [2.75, 3.05) is 13.1 Å². The smallest absolute Gasteiger partial charge is 0.244 e. The van der Waals surface area contributed by atoms with Crippen LogP contribution in [0.15, 0.2) is 49.3 Å². The van der Waals surface area contributed by atoms with Gasteiger partial charge in [0, 0.05) is 56.5 Å². The number of rotatable bonds is 5. The van der Waals surface area contributed by atoms with E-state index >= 15 is 0 Å². The third kappa shape index (κ3) is 4.07. The van der Waals surface area contributed by atoms with Crippen LogP contribution in [0.5, 0.6) is 0 Å². The largest absolute Gasteiger partial charge is 0.340 e. The highest BCUT2D eigenvalue weighted by Gasteiger charge is 2.27. The van der Waals surface area contributed by atoms with Crippen molar-refractivity contribution in [3.63, 3.8) is 0 Å². The molecule has 3 aromatic heterocycles. The van der Waals surface area contributed by atoms with E-state index in [4.69, 9.17) is 0 Å². The monoisotopic (exact) mass is 364 g/mol.